The second kappa shape index (κ2) is 3.81. The van der Waals surface area contributed by atoms with Crippen LogP contribution < -0.4 is 11.5 Å². The van der Waals surface area contributed by atoms with Gasteiger partial charge >= 0.3 is 0 Å². The average molecular weight is 211 g/mol. The van der Waals surface area contributed by atoms with Gasteiger partial charge in [0.25, 0.3) is 0 Å². The zero-order valence-corrected chi connectivity index (χ0v) is 8.69. The van der Waals surface area contributed by atoms with Crippen molar-refractivity contribution < 1.29 is 9.59 Å². The zero-order chi connectivity index (χ0) is 11.0. The van der Waals surface area contributed by atoms with E-state index in [-0.39, 0.29) is 23.7 Å². The van der Waals surface area contributed by atoms with Gasteiger partial charge in [-0.15, -0.1) is 0 Å². The number of hydrogen-bond acceptors (Lipinski definition) is 3. The highest BCUT2D eigenvalue weighted by atomic mass is 16.1. The molecule has 0 radical (unpaired) electrons. The van der Waals surface area contributed by atoms with Crippen molar-refractivity contribution in [1.82, 2.24) is 4.90 Å². The van der Waals surface area contributed by atoms with Gasteiger partial charge in [0, 0.05) is 19.6 Å². The molecule has 4 N–H and O–H groups in total. The summed E-state index contributed by atoms with van der Waals surface area (Å²) in [4.78, 5) is 24.4. The molecule has 2 bridgehead atoms. The van der Waals surface area contributed by atoms with E-state index in [0.29, 0.717) is 19.0 Å². The van der Waals surface area contributed by atoms with Crippen LogP contribution in [0.5, 0.6) is 0 Å². The second-order valence-electron chi connectivity index (χ2n) is 4.75. The number of nitrogens with zero attached hydrogens (tertiary/aromatic N) is 1. The minimum Gasteiger partial charge on any atom is -0.369 e. The molecule has 5 heteroatoms. The molecule has 0 aromatic carbocycles. The molecule has 2 saturated heterocycles. The number of fused-ring (bicyclic) bond motifs is 2. The third-order valence-corrected chi connectivity index (χ3v) is 3.51. The van der Waals surface area contributed by atoms with Crippen LogP contribution in [0.25, 0.3) is 0 Å². The van der Waals surface area contributed by atoms with Gasteiger partial charge in [-0.2, -0.15) is 0 Å². The van der Waals surface area contributed by atoms with Gasteiger partial charge in [-0.05, 0) is 18.8 Å². The first-order valence-corrected chi connectivity index (χ1v) is 5.37. The van der Waals surface area contributed by atoms with Crippen LogP contribution >= 0.6 is 0 Å². The van der Waals surface area contributed by atoms with Gasteiger partial charge < -0.3 is 16.4 Å². The first-order chi connectivity index (χ1) is 7.06. The molecule has 2 atom stereocenters. The Bertz CT molecular complexity index is 252. The van der Waals surface area contributed by atoms with E-state index in [4.69, 9.17) is 11.5 Å². The zero-order valence-electron chi connectivity index (χ0n) is 8.69. The monoisotopic (exact) mass is 211 g/mol. The predicted molar refractivity (Wildman–Crippen MR) is 54.5 cm³/mol. The molecule has 2 rings (SSSR count). The van der Waals surface area contributed by atoms with Crippen LogP contribution in [0.15, 0.2) is 0 Å². The van der Waals surface area contributed by atoms with Gasteiger partial charge in [0.15, 0.2) is 0 Å². The molecule has 2 amide bonds. The van der Waals surface area contributed by atoms with E-state index < -0.39 is 0 Å². The van der Waals surface area contributed by atoms with Crippen molar-refractivity contribution >= 4 is 11.8 Å². The van der Waals surface area contributed by atoms with Crippen LogP contribution in [-0.2, 0) is 9.59 Å². The first-order valence-electron chi connectivity index (χ1n) is 5.37. The Labute approximate surface area is 88.8 Å². The van der Waals surface area contributed by atoms with E-state index in [9.17, 15) is 9.59 Å². The molecule has 5 nitrogen and oxygen atoms in total. The number of piperidine rings is 2. The standard InChI is InChI=1S/C10H17N3O2/c11-9(14)7-1-6-2-8(10(12)15)5-13(3-6)4-7/h6-8H,1-5H2,(H2,11,14)(H2,12,15). The van der Waals surface area contributed by atoms with Crippen molar-refractivity contribution in [1.29, 1.82) is 0 Å². The minimum absolute atomic E-state index is 0.0439. The summed E-state index contributed by atoms with van der Waals surface area (Å²) in [6.45, 7) is 2.36. The van der Waals surface area contributed by atoms with Crippen molar-refractivity contribution in [3.05, 3.63) is 0 Å². The summed E-state index contributed by atoms with van der Waals surface area (Å²) in [5.41, 5.74) is 10.6. The average Bonchev–Trinajstić information content (AvgIpc) is 2.15. The lowest BCUT2D eigenvalue weighted by Gasteiger charge is -2.43. The van der Waals surface area contributed by atoms with Crippen molar-refractivity contribution in [3.8, 4) is 0 Å². The maximum absolute atomic E-state index is 11.1. The molecule has 2 unspecified atom stereocenters. The number of nitrogens with two attached hydrogens (primary N) is 2. The molecular weight excluding hydrogens is 194 g/mol. The Morgan fingerprint density at radius 3 is 1.73 bits per heavy atom. The third kappa shape index (κ3) is 2.12. The summed E-state index contributed by atoms with van der Waals surface area (Å²) >= 11 is 0. The van der Waals surface area contributed by atoms with E-state index in [0.717, 1.165) is 19.4 Å². The van der Waals surface area contributed by atoms with E-state index in [1.807, 2.05) is 0 Å². The van der Waals surface area contributed by atoms with Gasteiger partial charge in [0.05, 0.1) is 11.8 Å². The Hall–Kier alpha value is -1.10. The summed E-state index contributed by atoms with van der Waals surface area (Å²) in [7, 11) is 0. The molecule has 0 aromatic rings. The van der Waals surface area contributed by atoms with Crippen LogP contribution in [0.3, 0.4) is 0 Å². The Balaban J connectivity index is 2.02. The smallest absolute Gasteiger partial charge is 0.221 e. The highest BCUT2D eigenvalue weighted by Gasteiger charge is 2.38. The lowest BCUT2D eigenvalue weighted by atomic mass is 9.79. The number of primary amides is 2. The Morgan fingerprint density at radius 1 is 0.933 bits per heavy atom. The fourth-order valence-corrected chi connectivity index (χ4v) is 2.82. The van der Waals surface area contributed by atoms with Crippen LogP contribution in [0.1, 0.15) is 12.8 Å². The largest absolute Gasteiger partial charge is 0.369 e. The lowest BCUT2D eigenvalue weighted by Crippen LogP contribution is -2.52. The third-order valence-electron chi connectivity index (χ3n) is 3.51. The summed E-state index contributed by atoms with van der Waals surface area (Å²) in [6, 6.07) is 0. The maximum atomic E-state index is 11.1. The summed E-state index contributed by atoms with van der Waals surface area (Å²) in [5, 5.41) is 0. The van der Waals surface area contributed by atoms with Gasteiger partial charge in [-0.1, -0.05) is 0 Å². The predicted octanol–water partition coefficient (Wildman–Crippen LogP) is -1.08. The molecule has 15 heavy (non-hydrogen) atoms. The molecule has 0 spiro atoms. The van der Waals surface area contributed by atoms with E-state index in [1.54, 1.807) is 0 Å². The number of amides is 2. The number of hydrogen-bond donors (Lipinski definition) is 2. The molecule has 2 fully saturated rings. The van der Waals surface area contributed by atoms with Gasteiger partial charge in [-0.25, -0.2) is 0 Å². The fourth-order valence-electron chi connectivity index (χ4n) is 2.82. The minimum atomic E-state index is -0.220. The molecule has 2 aliphatic heterocycles. The van der Waals surface area contributed by atoms with Gasteiger partial charge in [-0.3, -0.25) is 9.59 Å². The van der Waals surface area contributed by atoms with Crippen LogP contribution in [0.2, 0.25) is 0 Å². The molecule has 2 heterocycles. The molecule has 84 valence electrons. The summed E-state index contributed by atoms with van der Waals surface area (Å²) in [6.07, 6.45) is 1.63. The van der Waals surface area contributed by atoms with E-state index >= 15 is 0 Å². The highest BCUT2D eigenvalue weighted by Crippen LogP contribution is 2.32. The van der Waals surface area contributed by atoms with Gasteiger partial charge in [0.2, 0.25) is 11.8 Å². The van der Waals surface area contributed by atoms with Crippen molar-refractivity contribution in [2.24, 2.45) is 29.2 Å². The Kier molecular flexibility index (Phi) is 2.65. The Morgan fingerprint density at radius 2 is 1.40 bits per heavy atom. The molecule has 0 aliphatic carbocycles. The second-order valence-corrected chi connectivity index (χ2v) is 4.75. The summed E-state index contributed by atoms with van der Waals surface area (Å²) < 4.78 is 0. The maximum Gasteiger partial charge on any atom is 0.221 e. The van der Waals surface area contributed by atoms with E-state index in [2.05, 4.69) is 4.90 Å². The number of carbonyl (C=O) groups excluding carboxylic acids is 2. The lowest BCUT2D eigenvalue weighted by molar-refractivity contribution is -0.128. The summed E-state index contributed by atoms with van der Waals surface area (Å²) in [5.74, 6) is -0.123. The quantitative estimate of drug-likeness (QED) is 0.608. The van der Waals surface area contributed by atoms with Crippen LogP contribution in [0.4, 0.5) is 0 Å². The van der Waals surface area contributed by atoms with Crippen molar-refractivity contribution in [3.63, 3.8) is 0 Å². The highest BCUT2D eigenvalue weighted by molar-refractivity contribution is 5.78. The normalized spacial score (nSPS) is 39.7. The van der Waals surface area contributed by atoms with Crippen molar-refractivity contribution in [2.75, 3.05) is 19.6 Å². The van der Waals surface area contributed by atoms with Crippen molar-refractivity contribution in [2.45, 2.75) is 12.8 Å². The number of rotatable bonds is 2. The first kappa shape index (κ1) is 10.4. The molecule has 0 aromatic heterocycles. The van der Waals surface area contributed by atoms with E-state index in [1.165, 1.54) is 0 Å². The molecule has 2 aliphatic rings. The van der Waals surface area contributed by atoms with Crippen LogP contribution in [0, 0.1) is 17.8 Å². The molecule has 0 saturated carbocycles. The molecular formula is C10H17N3O2. The fraction of sp³-hybridized carbons (Fsp3) is 0.800. The number of carbonyl (C=O) groups is 2. The van der Waals surface area contributed by atoms with Crippen LogP contribution in [-0.4, -0.2) is 36.3 Å². The SMILES string of the molecule is NC(=O)C1CC2CC(C(N)=O)CN(C2)C1. The van der Waals surface area contributed by atoms with Gasteiger partial charge in [0.1, 0.15) is 0 Å². The topological polar surface area (TPSA) is 89.4 Å².